The van der Waals surface area contributed by atoms with Crippen LogP contribution in [0.2, 0.25) is 0 Å². The van der Waals surface area contributed by atoms with Crippen molar-refractivity contribution in [3.05, 3.63) is 0 Å². The van der Waals surface area contributed by atoms with Crippen LogP contribution in [0.25, 0.3) is 0 Å². The van der Waals surface area contributed by atoms with Gasteiger partial charge in [-0.2, -0.15) is 0 Å². The Bertz CT molecular complexity index is 187. The molecule has 96 valence electrons. The molecule has 1 saturated heterocycles. The SMILES string of the molecule is CCNC(C)C1CCCCN1CC(C)CO. The summed E-state index contributed by atoms with van der Waals surface area (Å²) in [6.07, 6.45) is 3.96. The van der Waals surface area contributed by atoms with Gasteiger partial charge in [-0.1, -0.05) is 20.3 Å². The quantitative estimate of drug-likeness (QED) is 0.722. The summed E-state index contributed by atoms with van der Waals surface area (Å²) in [7, 11) is 0. The summed E-state index contributed by atoms with van der Waals surface area (Å²) in [6.45, 7) is 10.2. The molecule has 0 spiro atoms. The van der Waals surface area contributed by atoms with E-state index in [1.807, 2.05) is 0 Å². The van der Waals surface area contributed by atoms with Crippen LogP contribution in [-0.2, 0) is 0 Å². The standard InChI is InChI=1S/C13H28N2O/c1-4-14-12(3)13-7-5-6-8-15(13)9-11(2)10-16/h11-14,16H,4-10H2,1-3H3. The number of likely N-dealkylation sites (N-methyl/N-ethyl adjacent to an activating group) is 1. The second-order valence-corrected chi connectivity index (χ2v) is 5.19. The molecule has 0 radical (unpaired) electrons. The van der Waals surface area contributed by atoms with Gasteiger partial charge in [0.2, 0.25) is 0 Å². The van der Waals surface area contributed by atoms with E-state index >= 15 is 0 Å². The van der Waals surface area contributed by atoms with Gasteiger partial charge in [0.15, 0.2) is 0 Å². The highest BCUT2D eigenvalue weighted by Crippen LogP contribution is 2.20. The van der Waals surface area contributed by atoms with E-state index in [1.165, 1.54) is 25.8 Å². The van der Waals surface area contributed by atoms with Crippen molar-refractivity contribution in [2.24, 2.45) is 5.92 Å². The van der Waals surface area contributed by atoms with E-state index in [1.54, 1.807) is 0 Å². The van der Waals surface area contributed by atoms with Crippen LogP contribution in [-0.4, -0.2) is 48.3 Å². The van der Waals surface area contributed by atoms with Crippen molar-refractivity contribution in [3.63, 3.8) is 0 Å². The third-order valence-corrected chi connectivity index (χ3v) is 3.63. The van der Waals surface area contributed by atoms with Crippen LogP contribution < -0.4 is 5.32 Å². The summed E-state index contributed by atoms with van der Waals surface area (Å²) < 4.78 is 0. The Morgan fingerprint density at radius 3 is 2.75 bits per heavy atom. The zero-order valence-electron chi connectivity index (χ0n) is 11.1. The third-order valence-electron chi connectivity index (χ3n) is 3.63. The molecule has 1 aliphatic heterocycles. The van der Waals surface area contributed by atoms with Crippen LogP contribution in [0, 0.1) is 5.92 Å². The molecule has 16 heavy (non-hydrogen) atoms. The zero-order chi connectivity index (χ0) is 12.0. The highest BCUT2D eigenvalue weighted by atomic mass is 16.3. The number of aliphatic hydroxyl groups excluding tert-OH is 1. The minimum Gasteiger partial charge on any atom is -0.396 e. The fraction of sp³-hybridized carbons (Fsp3) is 1.00. The average Bonchev–Trinajstić information content (AvgIpc) is 2.30. The molecule has 3 atom stereocenters. The first-order chi connectivity index (χ1) is 7.69. The predicted octanol–water partition coefficient (Wildman–Crippen LogP) is 1.47. The van der Waals surface area contributed by atoms with Crippen LogP contribution in [0.3, 0.4) is 0 Å². The Hall–Kier alpha value is -0.120. The Morgan fingerprint density at radius 2 is 2.12 bits per heavy atom. The Morgan fingerprint density at radius 1 is 1.38 bits per heavy atom. The van der Waals surface area contributed by atoms with Gasteiger partial charge in [-0.05, 0) is 38.8 Å². The minimum atomic E-state index is 0.304. The topological polar surface area (TPSA) is 35.5 Å². The Balaban J connectivity index is 2.49. The number of likely N-dealkylation sites (tertiary alicyclic amines) is 1. The summed E-state index contributed by atoms with van der Waals surface area (Å²) in [5.74, 6) is 0.398. The highest BCUT2D eigenvalue weighted by molar-refractivity contribution is 4.85. The number of nitrogens with one attached hydrogen (secondary N) is 1. The second kappa shape index (κ2) is 7.25. The number of piperidine rings is 1. The number of hydrogen-bond donors (Lipinski definition) is 2. The third kappa shape index (κ3) is 4.04. The maximum atomic E-state index is 9.15. The van der Waals surface area contributed by atoms with E-state index in [0.717, 1.165) is 13.1 Å². The van der Waals surface area contributed by atoms with Gasteiger partial charge >= 0.3 is 0 Å². The lowest BCUT2D eigenvalue weighted by Gasteiger charge is -2.40. The Labute approximate surface area is 100 Å². The molecule has 0 bridgehead atoms. The van der Waals surface area contributed by atoms with E-state index in [2.05, 4.69) is 31.0 Å². The Kier molecular flexibility index (Phi) is 6.32. The van der Waals surface area contributed by atoms with Crippen molar-refractivity contribution in [2.45, 2.75) is 52.1 Å². The summed E-state index contributed by atoms with van der Waals surface area (Å²) in [5, 5.41) is 12.7. The summed E-state index contributed by atoms with van der Waals surface area (Å²) in [6, 6.07) is 1.22. The first-order valence-corrected chi connectivity index (χ1v) is 6.77. The lowest BCUT2D eigenvalue weighted by atomic mass is 9.95. The lowest BCUT2D eigenvalue weighted by molar-refractivity contribution is 0.0875. The minimum absolute atomic E-state index is 0.304. The fourth-order valence-corrected chi connectivity index (χ4v) is 2.73. The molecule has 2 N–H and O–H groups in total. The van der Waals surface area contributed by atoms with Gasteiger partial charge in [0.05, 0.1) is 0 Å². The normalized spacial score (nSPS) is 26.6. The van der Waals surface area contributed by atoms with Gasteiger partial charge in [0, 0.05) is 25.2 Å². The van der Waals surface area contributed by atoms with Gasteiger partial charge in [0.25, 0.3) is 0 Å². The molecule has 0 aromatic carbocycles. The molecule has 3 unspecified atom stereocenters. The van der Waals surface area contributed by atoms with Crippen molar-refractivity contribution in [2.75, 3.05) is 26.2 Å². The first kappa shape index (κ1) is 13.9. The molecule has 1 fully saturated rings. The number of aliphatic hydroxyl groups is 1. The summed E-state index contributed by atoms with van der Waals surface area (Å²) in [5.41, 5.74) is 0. The van der Waals surface area contributed by atoms with E-state index in [9.17, 15) is 0 Å². The maximum absolute atomic E-state index is 9.15. The van der Waals surface area contributed by atoms with Gasteiger partial charge in [-0.3, -0.25) is 4.90 Å². The van der Waals surface area contributed by atoms with E-state index in [-0.39, 0.29) is 0 Å². The molecule has 0 aromatic rings. The van der Waals surface area contributed by atoms with Crippen LogP contribution in [0.1, 0.15) is 40.0 Å². The monoisotopic (exact) mass is 228 g/mol. The highest BCUT2D eigenvalue weighted by Gasteiger charge is 2.27. The lowest BCUT2D eigenvalue weighted by Crippen LogP contribution is -2.52. The molecule has 0 saturated carbocycles. The van der Waals surface area contributed by atoms with Crippen molar-refractivity contribution >= 4 is 0 Å². The molecule has 1 heterocycles. The smallest absolute Gasteiger partial charge is 0.0468 e. The van der Waals surface area contributed by atoms with Crippen molar-refractivity contribution in [1.29, 1.82) is 0 Å². The molecular weight excluding hydrogens is 200 g/mol. The maximum Gasteiger partial charge on any atom is 0.0468 e. The van der Waals surface area contributed by atoms with Crippen molar-refractivity contribution < 1.29 is 5.11 Å². The summed E-state index contributed by atoms with van der Waals surface area (Å²) in [4.78, 5) is 2.57. The van der Waals surface area contributed by atoms with E-state index in [0.29, 0.717) is 24.6 Å². The first-order valence-electron chi connectivity index (χ1n) is 6.77. The molecule has 3 heteroatoms. The number of nitrogens with zero attached hydrogens (tertiary/aromatic N) is 1. The van der Waals surface area contributed by atoms with Gasteiger partial charge in [-0.25, -0.2) is 0 Å². The van der Waals surface area contributed by atoms with Crippen LogP contribution in [0.5, 0.6) is 0 Å². The van der Waals surface area contributed by atoms with Crippen molar-refractivity contribution in [1.82, 2.24) is 10.2 Å². The molecule has 1 rings (SSSR count). The second-order valence-electron chi connectivity index (χ2n) is 5.19. The zero-order valence-corrected chi connectivity index (χ0v) is 11.1. The molecule has 3 nitrogen and oxygen atoms in total. The molecule has 0 amide bonds. The average molecular weight is 228 g/mol. The molecular formula is C13H28N2O. The van der Waals surface area contributed by atoms with Crippen LogP contribution >= 0.6 is 0 Å². The van der Waals surface area contributed by atoms with Gasteiger partial charge < -0.3 is 10.4 Å². The van der Waals surface area contributed by atoms with Crippen molar-refractivity contribution in [3.8, 4) is 0 Å². The molecule has 0 aromatic heterocycles. The van der Waals surface area contributed by atoms with E-state index in [4.69, 9.17) is 5.11 Å². The van der Waals surface area contributed by atoms with E-state index < -0.39 is 0 Å². The molecule has 0 aliphatic carbocycles. The number of rotatable bonds is 6. The van der Waals surface area contributed by atoms with Gasteiger partial charge in [-0.15, -0.1) is 0 Å². The number of hydrogen-bond acceptors (Lipinski definition) is 3. The summed E-state index contributed by atoms with van der Waals surface area (Å²) >= 11 is 0. The fourth-order valence-electron chi connectivity index (χ4n) is 2.73. The van der Waals surface area contributed by atoms with Crippen LogP contribution in [0.15, 0.2) is 0 Å². The molecule has 1 aliphatic rings. The predicted molar refractivity (Wildman–Crippen MR) is 68.6 cm³/mol. The van der Waals surface area contributed by atoms with Crippen LogP contribution in [0.4, 0.5) is 0 Å². The van der Waals surface area contributed by atoms with Gasteiger partial charge in [0.1, 0.15) is 0 Å². The largest absolute Gasteiger partial charge is 0.396 e.